The molecule has 2 amide bonds. The third-order valence-corrected chi connectivity index (χ3v) is 6.95. The summed E-state index contributed by atoms with van der Waals surface area (Å²) in [4.78, 5) is 43.2. The lowest BCUT2D eigenvalue weighted by Gasteiger charge is -2.39. The lowest BCUT2D eigenvalue weighted by molar-refractivity contribution is 0.0149. The van der Waals surface area contributed by atoms with Gasteiger partial charge in [0.05, 0.1) is 22.6 Å². The van der Waals surface area contributed by atoms with Crippen molar-refractivity contribution in [2.75, 3.05) is 29.9 Å². The lowest BCUT2D eigenvalue weighted by Crippen LogP contribution is -2.48. The first-order valence-electron chi connectivity index (χ1n) is 13.5. The maximum Gasteiger partial charge on any atom is 0.410 e. The van der Waals surface area contributed by atoms with Gasteiger partial charge in [-0.05, 0) is 59.6 Å². The Morgan fingerprint density at radius 2 is 1.82 bits per heavy atom. The third kappa shape index (κ3) is 5.54. The molecular formula is C29H34FN7O3. The first kappa shape index (κ1) is 27.3. The number of nitrogens with one attached hydrogen (secondary N) is 1. The highest BCUT2D eigenvalue weighted by Gasteiger charge is 2.31. The zero-order valence-corrected chi connectivity index (χ0v) is 23.4. The topological polar surface area (TPSA) is 105 Å². The number of amides is 2. The third-order valence-electron chi connectivity index (χ3n) is 6.95. The number of ether oxygens (including phenoxy) is 1. The number of anilines is 2. The number of nitrogens with zero attached hydrogens (tertiary/aromatic N) is 6. The van der Waals surface area contributed by atoms with Crippen LogP contribution in [0.4, 0.5) is 20.6 Å². The van der Waals surface area contributed by atoms with Gasteiger partial charge in [-0.2, -0.15) is 0 Å². The second-order valence-corrected chi connectivity index (χ2v) is 11.0. The standard InChI is InChI=1S/C29H34FN7O3/c1-6-37(28(39)40-29(3,4)5)20-9-13-35(14-10-20)23-8-7-21(24-25(23)32-12-11-31-24)27(38)34-19-15-22(30)26-33-18(2)16-36(26)17-19/h7-8,11-12,15-17,20H,6,9-10,13-14H2,1-5H3,(H,34,38). The highest BCUT2D eigenvalue weighted by atomic mass is 19.1. The maximum absolute atomic E-state index is 14.6. The summed E-state index contributed by atoms with van der Waals surface area (Å²) in [6.07, 6.45) is 7.74. The minimum absolute atomic E-state index is 0.0792. The van der Waals surface area contributed by atoms with Gasteiger partial charge in [-0.1, -0.05) is 0 Å². The van der Waals surface area contributed by atoms with Crippen LogP contribution in [0.15, 0.2) is 43.0 Å². The maximum atomic E-state index is 14.6. The summed E-state index contributed by atoms with van der Waals surface area (Å²) in [7, 11) is 0. The number of pyridine rings is 1. The Morgan fingerprint density at radius 1 is 1.12 bits per heavy atom. The van der Waals surface area contributed by atoms with Crippen LogP contribution in [0.2, 0.25) is 0 Å². The summed E-state index contributed by atoms with van der Waals surface area (Å²) in [6.45, 7) is 11.4. The molecule has 0 aliphatic carbocycles. The van der Waals surface area contributed by atoms with Gasteiger partial charge in [0.2, 0.25) is 0 Å². The quantitative estimate of drug-likeness (QED) is 0.366. The average molecular weight is 548 g/mol. The Bertz CT molecular complexity index is 1570. The molecule has 210 valence electrons. The highest BCUT2D eigenvalue weighted by molar-refractivity contribution is 6.13. The summed E-state index contributed by atoms with van der Waals surface area (Å²) in [5.41, 5.74) is 2.93. The molecule has 0 radical (unpaired) electrons. The van der Waals surface area contributed by atoms with Crippen LogP contribution in [-0.4, -0.2) is 67.5 Å². The zero-order chi connectivity index (χ0) is 28.6. The minimum Gasteiger partial charge on any atom is -0.444 e. The number of hydrogen-bond donors (Lipinski definition) is 1. The van der Waals surface area contributed by atoms with Crippen LogP contribution in [-0.2, 0) is 4.74 Å². The summed E-state index contributed by atoms with van der Waals surface area (Å²) < 4.78 is 21.7. The van der Waals surface area contributed by atoms with Gasteiger partial charge in [0.15, 0.2) is 11.5 Å². The van der Waals surface area contributed by atoms with Gasteiger partial charge in [-0.3, -0.25) is 14.8 Å². The van der Waals surface area contributed by atoms with Crippen molar-refractivity contribution in [2.45, 2.75) is 59.1 Å². The van der Waals surface area contributed by atoms with E-state index >= 15 is 0 Å². The van der Waals surface area contributed by atoms with Crippen molar-refractivity contribution >= 4 is 40.1 Å². The first-order valence-corrected chi connectivity index (χ1v) is 13.5. The molecule has 1 saturated heterocycles. The van der Waals surface area contributed by atoms with E-state index in [2.05, 4.69) is 25.2 Å². The minimum atomic E-state index is -0.545. The van der Waals surface area contributed by atoms with Gasteiger partial charge in [0.25, 0.3) is 5.91 Å². The normalized spacial score (nSPS) is 14.5. The van der Waals surface area contributed by atoms with E-state index in [4.69, 9.17) is 4.74 Å². The molecule has 4 aromatic rings. The van der Waals surface area contributed by atoms with Crippen molar-refractivity contribution in [1.29, 1.82) is 0 Å². The fourth-order valence-corrected chi connectivity index (χ4v) is 5.20. The molecule has 0 spiro atoms. The van der Waals surface area contributed by atoms with Crippen molar-refractivity contribution in [1.82, 2.24) is 24.3 Å². The van der Waals surface area contributed by atoms with E-state index in [1.807, 2.05) is 33.8 Å². The van der Waals surface area contributed by atoms with Gasteiger partial charge < -0.3 is 24.3 Å². The van der Waals surface area contributed by atoms with E-state index < -0.39 is 17.3 Å². The van der Waals surface area contributed by atoms with Crippen molar-refractivity contribution in [3.8, 4) is 0 Å². The van der Waals surface area contributed by atoms with E-state index in [9.17, 15) is 14.0 Å². The number of carbonyl (C=O) groups excluding carboxylic acids is 2. The molecule has 4 heterocycles. The number of aromatic nitrogens is 4. The van der Waals surface area contributed by atoms with Crippen LogP contribution >= 0.6 is 0 Å². The van der Waals surface area contributed by atoms with Gasteiger partial charge >= 0.3 is 6.09 Å². The van der Waals surface area contributed by atoms with Gasteiger partial charge in [0, 0.05) is 56.5 Å². The molecule has 40 heavy (non-hydrogen) atoms. The molecule has 10 nitrogen and oxygen atoms in total. The molecule has 1 N–H and O–H groups in total. The molecule has 0 unspecified atom stereocenters. The number of benzene rings is 1. The van der Waals surface area contributed by atoms with Crippen molar-refractivity contribution < 1.29 is 18.7 Å². The van der Waals surface area contributed by atoms with E-state index in [-0.39, 0.29) is 17.8 Å². The van der Waals surface area contributed by atoms with Crippen LogP contribution in [0, 0.1) is 12.7 Å². The predicted octanol–water partition coefficient (Wildman–Crippen LogP) is 5.20. The second kappa shape index (κ2) is 10.7. The summed E-state index contributed by atoms with van der Waals surface area (Å²) in [6, 6.07) is 4.93. The summed E-state index contributed by atoms with van der Waals surface area (Å²) in [5, 5.41) is 2.78. The number of aryl methyl sites for hydroxylation is 1. The van der Waals surface area contributed by atoms with Crippen LogP contribution in [0.1, 0.15) is 56.6 Å². The largest absolute Gasteiger partial charge is 0.444 e. The van der Waals surface area contributed by atoms with E-state index in [0.29, 0.717) is 47.6 Å². The fourth-order valence-electron chi connectivity index (χ4n) is 5.20. The van der Waals surface area contributed by atoms with Crippen LogP contribution in [0.25, 0.3) is 16.7 Å². The predicted molar refractivity (Wildman–Crippen MR) is 151 cm³/mol. The molecule has 3 aromatic heterocycles. The van der Waals surface area contributed by atoms with Gasteiger partial charge in [-0.15, -0.1) is 0 Å². The van der Waals surface area contributed by atoms with Crippen LogP contribution in [0.3, 0.4) is 0 Å². The Kier molecular flexibility index (Phi) is 7.31. The van der Waals surface area contributed by atoms with E-state index in [1.165, 1.54) is 6.07 Å². The summed E-state index contributed by atoms with van der Waals surface area (Å²) >= 11 is 0. The molecule has 5 rings (SSSR count). The molecule has 0 bridgehead atoms. The Balaban J connectivity index is 1.34. The monoisotopic (exact) mass is 547 g/mol. The molecule has 11 heteroatoms. The smallest absolute Gasteiger partial charge is 0.410 e. The number of fused-ring (bicyclic) bond motifs is 2. The molecule has 0 saturated carbocycles. The number of imidazole rings is 1. The number of carbonyl (C=O) groups is 2. The molecular weight excluding hydrogens is 513 g/mol. The molecule has 1 aliphatic heterocycles. The van der Waals surface area contributed by atoms with Gasteiger partial charge in [0.1, 0.15) is 16.6 Å². The van der Waals surface area contributed by atoms with Crippen molar-refractivity contribution in [3.05, 3.63) is 60.1 Å². The van der Waals surface area contributed by atoms with Gasteiger partial charge in [-0.25, -0.2) is 14.2 Å². The second-order valence-electron chi connectivity index (χ2n) is 11.0. The SMILES string of the molecule is CCN(C(=O)OC(C)(C)C)C1CCN(c2ccc(C(=O)Nc3cc(F)c4nc(C)cn4c3)c3nccnc23)CC1. The van der Waals surface area contributed by atoms with Crippen molar-refractivity contribution in [3.63, 3.8) is 0 Å². The van der Waals surface area contributed by atoms with Crippen LogP contribution < -0.4 is 10.2 Å². The van der Waals surface area contributed by atoms with E-state index in [0.717, 1.165) is 18.5 Å². The Hall–Kier alpha value is -4.28. The highest BCUT2D eigenvalue weighted by Crippen LogP contribution is 2.31. The number of rotatable bonds is 5. The molecule has 0 atom stereocenters. The lowest BCUT2D eigenvalue weighted by atomic mass is 10.0. The number of piperidine rings is 1. The molecule has 1 fully saturated rings. The first-order chi connectivity index (χ1) is 19.0. The fraction of sp³-hybridized carbons (Fsp3) is 0.414. The molecule has 1 aromatic carbocycles. The Labute approximate surface area is 232 Å². The summed E-state index contributed by atoms with van der Waals surface area (Å²) in [5.74, 6) is -0.940. The van der Waals surface area contributed by atoms with Crippen molar-refractivity contribution in [2.24, 2.45) is 0 Å². The Morgan fingerprint density at radius 3 is 2.50 bits per heavy atom. The van der Waals surface area contributed by atoms with E-state index in [1.54, 1.807) is 47.1 Å². The number of hydrogen-bond acceptors (Lipinski definition) is 7. The average Bonchev–Trinajstić information content (AvgIpc) is 3.28. The zero-order valence-electron chi connectivity index (χ0n) is 23.4. The van der Waals surface area contributed by atoms with Crippen LogP contribution in [0.5, 0.6) is 0 Å². The molecule has 1 aliphatic rings. The number of halogens is 1.